The van der Waals surface area contributed by atoms with Gasteiger partial charge in [0.15, 0.2) is 0 Å². The molecule has 5 nitrogen and oxygen atoms in total. The summed E-state index contributed by atoms with van der Waals surface area (Å²) in [5.41, 5.74) is 6.79. The van der Waals surface area contributed by atoms with E-state index in [0.29, 0.717) is 13.2 Å². The van der Waals surface area contributed by atoms with Crippen LogP contribution in [0.15, 0.2) is 91.0 Å². The molecule has 44 heavy (non-hydrogen) atoms. The molecule has 0 saturated carbocycles. The van der Waals surface area contributed by atoms with Crippen LogP contribution in [-0.2, 0) is 6.54 Å². The highest BCUT2D eigenvalue weighted by Crippen LogP contribution is 2.37. The van der Waals surface area contributed by atoms with Crippen molar-refractivity contribution < 1.29 is 27.8 Å². The molecule has 0 amide bonds. The van der Waals surface area contributed by atoms with Gasteiger partial charge in [0, 0.05) is 24.0 Å². The molecule has 1 aliphatic rings. The van der Waals surface area contributed by atoms with Crippen molar-refractivity contribution in [1.82, 2.24) is 9.47 Å². The topological polar surface area (TPSA) is 46.9 Å². The lowest BCUT2D eigenvalue weighted by Gasteiger charge is -2.26. The number of ether oxygens (including phenoxy) is 2. The number of aromatic nitrogens is 1. The highest BCUT2D eigenvalue weighted by Gasteiger charge is 2.31. The van der Waals surface area contributed by atoms with Crippen molar-refractivity contribution >= 4 is 10.9 Å². The van der Waals surface area contributed by atoms with Gasteiger partial charge in [0.05, 0.1) is 5.69 Å². The van der Waals surface area contributed by atoms with Gasteiger partial charge in [0.2, 0.25) is 0 Å². The van der Waals surface area contributed by atoms with Gasteiger partial charge in [-0.1, -0.05) is 36.8 Å². The number of phenols is 1. The Balaban J connectivity index is 1.30. The lowest BCUT2D eigenvalue weighted by molar-refractivity contribution is -0.274. The third kappa shape index (κ3) is 6.86. The second-order valence-corrected chi connectivity index (χ2v) is 11.3. The first-order chi connectivity index (χ1) is 21.2. The van der Waals surface area contributed by atoms with Crippen molar-refractivity contribution in [1.29, 1.82) is 0 Å². The molecule has 1 saturated heterocycles. The summed E-state index contributed by atoms with van der Waals surface area (Å²) < 4.78 is 50.8. The summed E-state index contributed by atoms with van der Waals surface area (Å²) in [6, 6.07) is 27.5. The molecule has 0 radical (unpaired) electrons. The molecule has 1 aromatic heterocycles. The number of aryl methyl sites for hydroxylation is 1. The van der Waals surface area contributed by atoms with Gasteiger partial charge in [-0.3, -0.25) is 4.90 Å². The van der Waals surface area contributed by atoms with Crippen LogP contribution in [0.1, 0.15) is 30.4 Å². The first kappa shape index (κ1) is 29.6. The minimum atomic E-state index is -4.75. The van der Waals surface area contributed by atoms with E-state index in [0.717, 1.165) is 69.8 Å². The van der Waals surface area contributed by atoms with Gasteiger partial charge in [0.25, 0.3) is 0 Å². The molecular formula is C36H35F3N2O3. The molecule has 228 valence electrons. The number of rotatable bonds is 9. The zero-order valence-corrected chi connectivity index (χ0v) is 24.6. The van der Waals surface area contributed by atoms with Crippen LogP contribution in [0.4, 0.5) is 13.2 Å². The molecule has 0 atom stereocenters. The van der Waals surface area contributed by atoms with Crippen LogP contribution in [0.25, 0.3) is 33.3 Å². The SMILES string of the molecule is Cc1c(-c2ccc(OC(F)(F)F)cc2)n(Cc2ccc(OCCN3CCCCC3)cc2)c2ccc(-c3ccc(O)cc3)cc12. The van der Waals surface area contributed by atoms with E-state index < -0.39 is 6.36 Å². The lowest BCUT2D eigenvalue weighted by Crippen LogP contribution is -2.33. The number of halogens is 3. The maximum absolute atomic E-state index is 12.8. The van der Waals surface area contributed by atoms with Gasteiger partial charge in [-0.15, -0.1) is 13.2 Å². The van der Waals surface area contributed by atoms with E-state index in [9.17, 15) is 18.3 Å². The fraction of sp³-hybridized carbons (Fsp3) is 0.278. The summed E-state index contributed by atoms with van der Waals surface area (Å²) >= 11 is 0. The first-order valence-electron chi connectivity index (χ1n) is 15.0. The standard InChI is InChI=1S/C36H35F3N2O3/c1-25-33-23-29(27-7-12-30(42)13-8-27)11-18-34(33)41(35(25)28-9-16-32(17-10-28)44-36(37,38)39)24-26-5-14-31(15-6-26)43-22-21-40-19-3-2-4-20-40/h5-18,23,42H,2-4,19-22,24H2,1H3. The number of benzene rings is 4. The van der Waals surface area contributed by atoms with Crippen LogP contribution in [0, 0.1) is 6.92 Å². The Morgan fingerprint density at radius 3 is 2.07 bits per heavy atom. The van der Waals surface area contributed by atoms with Crippen LogP contribution in [0.5, 0.6) is 17.2 Å². The summed E-state index contributed by atoms with van der Waals surface area (Å²) in [4.78, 5) is 2.45. The lowest BCUT2D eigenvalue weighted by atomic mass is 10.0. The number of phenolic OH excluding ortho intramolecular Hbond substituents is 1. The van der Waals surface area contributed by atoms with Crippen LogP contribution in [0.3, 0.4) is 0 Å². The average Bonchev–Trinajstić information content (AvgIpc) is 3.29. The molecule has 1 fully saturated rings. The van der Waals surface area contributed by atoms with E-state index in [4.69, 9.17) is 4.74 Å². The third-order valence-corrected chi connectivity index (χ3v) is 8.27. The van der Waals surface area contributed by atoms with Crippen molar-refractivity contribution in [3.63, 3.8) is 0 Å². The zero-order valence-electron chi connectivity index (χ0n) is 24.6. The molecule has 0 bridgehead atoms. The minimum absolute atomic E-state index is 0.204. The number of aromatic hydroxyl groups is 1. The largest absolute Gasteiger partial charge is 0.573 e. The van der Waals surface area contributed by atoms with Gasteiger partial charge in [-0.05, 0) is 121 Å². The van der Waals surface area contributed by atoms with E-state index in [-0.39, 0.29) is 11.5 Å². The monoisotopic (exact) mass is 600 g/mol. The van der Waals surface area contributed by atoms with E-state index in [2.05, 4.69) is 38.5 Å². The third-order valence-electron chi connectivity index (χ3n) is 8.27. The van der Waals surface area contributed by atoms with Crippen molar-refractivity contribution in [2.75, 3.05) is 26.2 Å². The molecule has 1 N–H and O–H groups in total. The van der Waals surface area contributed by atoms with Gasteiger partial charge in [0.1, 0.15) is 23.9 Å². The Hall–Kier alpha value is -4.43. The maximum Gasteiger partial charge on any atom is 0.573 e. The number of hydrogen-bond acceptors (Lipinski definition) is 4. The minimum Gasteiger partial charge on any atom is -0.508 e. The van der Waals surface area contributed by atoms with E-state index in [1.165, 1.54) is 31.4 Å². The normalized spacial score (nSPS) is 14.2. The molecule has 0 spiro atoms. The van der Waals surface area contributed by atoms with Crippen LogP contribution >= 0.6 is 0 Å². The van der Waals surface area contributed by atoms with Crippen molar-refractivity contribution in [3.8, 4) is 39.6 Å². The second kappa shape index (κ2) is 12.7. The Bertz CT molecular complexity index is 1700. The Morgan fingerprint density at radius 1 is 0.750 bits per heavy atom. The smallest absolute Gasteiger partial charge is 0.508 e. The summed E-state index contributed by atoms with van der Waals surface area (Å²) in [5.74, 6) is 0.779. The number of piperidine rings is 1. The number of likely N-dealkylation sites (tertiary alicyclic amines) is 1. The fourth-order valence-electron chi connectivity index (χ4n) is 6.06. The molecule has 0 aliphatic carbocycles. The summed E-state index contributed by atoms with van der Waals surface area (Å²) in [7, 11) is 0. The van der Waals surface area contributed by atoms with Crippen molar-refractivity contribution in [2.24, 2.45) is 0 Å². The molecule has 0 unspecified atom stereocenters. The second-order valence-electron chi connectivity index (χ2n) is 11.3. The number of fused-ring (bicyclic) bond motifs is 1. The summed E-state index contributed by atoms with van der Waals surface area (Å²) in [6.07, 6.45) is -0.920. The predicted molar refractivity (Wildman–Crippen MR) is 167 cm³/mol. The molecule has 1 aliphatic heterocycles. The van der Waals surface area contributed by atoms with Crippen LogP contribution in [-0.4, -0.2) is 47.2 Å². The molecular weight excluding hydrogens is 565 g/mol. The van der Waals surface area contributed by atoms with Crippen molar-refractivity contribution in [2.45, 2.75) is 39.1 Å². The summed E-state index contributed by atoms with van der Waals surface area (Å²) in [6.45, 7) is 6.47. The Morgan fingerprint density at radius 2 is 1.39 bits per heavy atom. The first-order valence-corrected chi connectivity index (χ1v) is 15.0. The molecule has 6 rings (SSSR count). The Labute approximate surface area is 255 Å². The maximum atomic E-state index is 12.8. The van der Waals surface area contributed by atoms with E-state index >= 15 is 0 Å². The highest BCUT2D eigenvalue weighted by atomic mass is 19.4. The van der Waals surface area contributed by atoms with Gasteiger partial charge in [-0.25, -0.2) is 0 Å². The quantitative estimate of drug-likeness (QED) is 0.184. The van der Waals surface area contributed by atoms with Gasteiger partial charge in [-0.2, -0.15) is 0 Å². The van der Waals surface area contributed by atoms with Gasteiger partial charge < -0.3 is 19.1 Å². The van der Waals surface area contributed by atoms with Crippen LogP contribution < -0.4 is 9.47 Å². The molecule has 5 aromatic rings. The number of alkyl halides is 3. The molecule has 4 aromatic carbocycles. The molecule has 2 heterocycles. The summed E-state index contributed by atoms with van der Waals surface area (Å²) in [5, 5.41) is 10.8. The predicted octanol–water partition coefficient (Wildman–Crippen LogP) is 8.80. The van der Waals surface area contributed by atoms with E-state index in [1.54, 1.807) is 24.3 Å². The highest BCUT2D eigenvalue weighted by molar-refractivity contribution is 5.94. The number of nitrogens with zero attached hydrogens (tertiary/aromatic N) is 2. The van der Waals surface area contributed by atoms with Gasteiger partial charge >= 0.3 is 6.36 Å². The zero-order chi connectivity index (χ0) is 30.7. The molecule has 8 heteroatoms. The Kier molecular flexibility index (Phi) is 8.53. The average molecular weight is 601 g/mol. The fourth-order valence-corrected chi connectivity index (χ4v) is 6.06. The number of hydrogen-bond donors (Lipinski definition) is 1. The van der Waals surface area contributed by atoms with Crippen molar-refractivity contribution in [3.05, 3.63) is 102 Å². The van der Waals surface area contributed by atoms with Crippen LogP contribution in [0.2, 0.25) is 0 Å². The van der Waals surface area contributed by atoms with E-state index in [1.807, 2.05) is 37.3 Å².